The van der Waals surface area contributed by atoms with E-state index in [2.05, 4.69) is 19.9 Å². The van der Waals surface area contributed by atoms with Crippen molar-refractivity contribution >= 4 is 28.1 Å². The predicted octanol–water partition coefficient (Wildman–Crippen LogP) is -1.31. The van der Waals surface area contributed by atoms with Crippen molar-refractivity contribution in [1.29, 1.82) is 0 Å². The fraction of sp³-hybridized carbons (Fsp3) is 0. The number of hydrogen-bond acceptors (Lipinski definition) is 3. The first-order valence-electron chi connectivity index (χ1n) is 2.93. The Morgan fingerprint density at radius 1 is 1.23 bits per heavy atom. The number of imidazole rings is 1. The van der Waals surface area contributed by atoms with Crippen LogP contribution in [0.2, 0.25) is 0 Å². The summed E-state index contributed by atoms with van der Waals surface area (Å²) in [6, 6.07) is 0. The van der Waals surface area contributed by atoms with Gasteiger partial charge in [0.1, 0.15) is 5.52 Å². The van der Waals surface area contributed by atoms with Gasteiger partial charge in [-0.2, -0.15) is 0 Å². The summed E-state index contributed by atoms with van der Waals surface area (Å²) in [5.41, 5.74) is -0.445. The Kier molecular flexibility index (Phi) is 3.57. The number of aromatic nitrogens is 4. The van der Waals surface area contributed by atoms with Gasteiger partial charge < -0.3 is 10.5 Å². The molecule has 0 amide bonds. The van der Waals surface area contributed by atoms with E-state index in [1.54, 1.807) is 0 Å². The van der Waals surface area contributed by atoms with Crippen LogP contribution in [0, 0.1) is 0 Å². The third-order valence-electron chi connectivity index (χ3n) is 1.33. The monoisotopic (exact) mass is 250 g/mol. The molecule has 2 heterocycles. The lowest BCUT2D eigenvalue weighted by atomic mass is 10.5. The normalized spacial score (nSPS) is 8.92. The van der Waals surface area contributed by atoms with Crippen LogP contribution in [0.4, 0.5) is 0 Å². The van der Waals surface area contributed by atoms with Crippen LogP contribution < -0.4 is 11.2 Å². The summed E-state index contributed by atoms with van der Waals surface area (Å²) in [7, 11) is 0. The van der Waals surface area contributed by atoms with E-state index in [-0.39, 0.29) is 33.6 Å². The Labute approximate surface area is 81.3 Å². The van der Waals surface area contributed by atoms with Gasteiger partial charge in [0, 0.05) is 0 Å². The topological polar surface area (TPSA) is 126 Å². The van der Waals surface area contributed by atoms with Crippen molar-refractivity contribution in [2.75, 3.05) is 0 Å². The average molecular weight is 251 g/mol. The van der Waals surface area contributed by atoms with Crippen molar-refractivity contribution < 1.29 is 5.48 Å². The molecule has 0 saturated carbocycles. The molecule has 0 unspecified atom stereocenters. The van der Waals surface area contributed by atoms with E-state index in [0.29, 0.717) is 0 Å². The number of rotatable bonds is 0. The highest BCUT2D eigenvalue weighted by atomic mass is 79.9. The first kappa shape index (κ1) is 11.6. The van der Waals surface area contributed by atoms with E-state index in [1.165, 1.54) is 6.33 Å². The number of nitrogens with one attached hydrogen (secondary N) is 3. The smallest absolute Gasteiger partial charge is 0.327 e. The highest BCUT2D eigenvalue weighted by Gasteiger charge is 1.99. The van der Waals surface area contributed by atoms with Gasteiger partial charge in [-0.3, -0.25) is 14.8 Å². The molecule has 13 heavy (non-hydrogen) atoms. The fourth-order valence-electron chi connectivity index (χ4n) is 0.867. The van der Waals surface area contributed by atoms with Gasteiger partial charge in [0.05, 0.1) is 6.33 Å². The van der Waals surface area contributed by atoms with E-state index in [0.717, 1.165) is 0 Å². The number of H-pyrrole nitrogens is 3. The van der Waals surface area contributed by atoms with Gasteiger partial charge in [0.2, 0.25) is 0 Å². The van der Waals surface area contributed by atoms with Crippen LogP contribution in [-0.2, 0) is 0 Å². The molecule has 0 aromatic carbocycles. The predicted molar refractivity (Wildman–Crippen MR) is 51.3 cm³/mol. The van der Waals surface area contributed by atoms with Crippen LogP contribution >= 0.6 is 17.0 Å². The first-order chi connectivity index (χ1) is 5.27. The number of nitrogens with zero attached hydrogens (tertiary/aromatic N) is 1. The molecule has 0 aliphatic carbocycles. The molecule has 8 heteroatoms. The van der Waals surface area contributed by atoms with E-state index in [4.69, 9.17) is 0 Å². The minimum atomic E-state index is -0.547. The molecule has 5 N–H and O–H groups in total. The second kappa shape index (κ2) is 4.01. The van der Waals surface area contributed by atoms with Crippen LogP contribution in [0.3, 0.4) is 0 Å². The molecule has 0 atom stereocenters. The van der Waals surface area contributed by atoms with Crippen molar-refractivity contribution in [3.05, 3.63) is 27.2 Å². The lowest BCUT2D eigenvalue weighted by Crippen LogP contribution is -2.21. The standard InChI is InChI=1S/C5H4N4O2.BrH.H2O/c10-4-2-3(7-1-6-2)8-5(11)9-4;;/h1H,(H3,6,7,8,9,10,11);1H;1H2. The molecule has 0 fully saturated rings. The highest BCUT2D eigenvalue weighted by molar-refractivity contribution is 8.93. The molecule has 0 saturated heterocycles. The van der Waals surface area contributed by atoms with E-state index < -0.39 is 11.2 Å². The van der Waals surface area contributed by atoms with Crippen LogP contribution in [0.25, 0.3) is 11.2 Å². The van der Waals surface area contributed by atoms with Crippen LogP contribution in [0.1, 0.15) is 0 Å². The molecule has 7 nitrogen and oxygen atoms in total. The Morgan fingerprint density at radius 2 is 1.92 bits per heavy atom. The largest absolute Gasteiger partial charge is 0.412 e. The Bertz CT molecular complexity index is 498. The number of hydrogen-bond donors (Lipinski definition) is 3. The van der Waals surface area contributed by atoms with Gasteiger partial charge in [-0.05, 0) is 0 Å². The zero-order valence-electron chi connectivity index (χ0n) is 6.25. The van der Waals surface area contributed by atoms with Gasteiger partial charge >= 0.3 is 5.69 Å². The Hall–Kier alpha value is -1.41. The second-order valence-electron chi connectivity index (χ2n) is 2.03. The summed E-state index contributed by atoms with van der Waals surface area (Å²) < 4.78 is 0. The van der Waals surface area contributed by atoms with E-state index in [9.17, 15) is 9.59 Å². The third kappa shape index (κ3) is 1.84. The maximum atomic E-state index is 10.9. The van der Waals surface area contributed by atoms with Crippen molar-refractivity contribution in [2.24, 2.45) is 0 Å². The SMILES string of the molecule is Br.O.O=c1[nH]c(=O)c2[nH]cnc2[nH]1. The zero-order valence-corrected chi connectivity index (χ0v) is 7.96. The number of halogens is 1. The summed E-state index contributed by atoms with van der Waals surface area (Å²) in [6.45, 7) is 0. The van der Waals surface area contributed by atoms with Crippen molar-refractivity contribution in [3.63, 3.8) is 0 Å². The van der Waals surface area contributed by atoms with Gasteiger partial charge in [-0.15, -0.1) is 17.0 Å². The molecule has 2 aromatic rings. The average Bonchev–Trinajstić information content (AvgIpc) is 2.34. The fourth-order valence-corrected chi connectivity index (χ4v) is 0.867. The van der Waals surface area contributed by atoms with Crippen LogP contribution in [0.15, 0.2) is 15.9 Å². The van der Waals surface area contributed by atoms with Crippen molar-refractivity contribution in [2.45, 2.75) is 0 Å². The molecule has 72 valence electrons. The molecule has 2 aromatic heterocycles. The van der Waals surface area contributed by atoms with Crippen molar-refractivity contribution in [1.82, 2.24) is 19.9 Å². The van der Waals surface area contributed by atoms with Gasteiger partial charge in [-0.1, -0.05) is 0 Å². The van der Waals surface area contributed by atoms with Crippen LogP contribution in [0.5, 0.6) is 0 Å². The quantitative estimate of drug-likeness (QED) is 0.538. The summed E-state index contributed by atoms with van der Waals surface area (Å²) in [5, 5.41) is 0. The summed E-state index contributed by atoms with van der Waals surface area (Å²) in [4.78, 5) is 32.3. The Morgan fingerprint density at radius 3 is 2.62 bits per heavy atom. The summed E-state index contributed by atoms with van der Waals surface area (Å²) in [5.74, 6) is 0. The molecule has 0 aliphatic rings. The molecule has 0 radical (unpaired) electrons. The first-order valence-corrected chi connectivity index (χ1v) is 2.93. The molecule has 2 rings (SSSR count). The molecular weight excluding hydrogens is 244 g/mol. The van der Waals surface area contributed by atoms with Gasteiger partial charge in [-0.25, -0.2) is 9.78 Å². The summed E-state index contributed by atoms with van der Waals surface area (Å²) >= 11 is 0. The molecule has 0 aliphatic heterocycles. The van der Waals surface area contributed by atoms with Gasteiger partial charge in [0.25, 0.3) is 5.56 Å². The minimum Gasteiger partial charge on any atom is -0.412 e. The number of aromatic amines is 3. The zero-order chi connectivity index (χ0) is 7.84. The third-order valence-corrected chi connectivity index (χ3v) is 1.33. The molecule has 0 bridgehead atoms. The molecular formula is C5H7BrN4O3. The van der Waals surface area contributed by atoms with E-state index in [1.807, 2.05) is 0 Å². The number of fused-ring (bicyclic) bond motifs is 1. The maximum absolute atomic E-state index is 10.9. The lowest BCUT2D eigenvalue weighted by Gasteiger charge is -1.83. The van der Waals surface area contributed by atoms with E-state index >= 15 is 0 Å². The highest BCUT2D eigenvalue weighted by Crippen LogP contribution is 1.92. The molecule has 0 spiro atoms. The summed E-state index contributed by atoms with van der Waals surface area (Å²) in [6.07, 6.45) is 1.34. The second-order valence-corrected chi connectivity index (χ2v) is 2.03. The van der Waals surface area contributed by atoms with Crippen LogP contribution in [-0.4, -0.2) is 25.4 Å². The lowest BCUT2D eigenvalue weighted by molar-refractivity contribution is 0.824. The van der Waals surface area contributed by atoms with Crippen molar-refractivity contribution in [3.8, 4) is 0 Å². The minimum absolute atomic E-state index is 0. The Balaban J connectivity index is 0.000000720. The van der Waals surface area contributed by atoms with Gasteiger partial charge in [0.15, 0.2) is 5.65 Å². The maximum Gasteiger partial charge on any atom is 0.327 e.